The number of piperidine rings is 1. The van der Waals surface area contributed by atoms with E-state index in [4.69, 9.17) is 11.6 Å². The fraction of sp³-hybridized carbons (Fsp3) is 0.533. The molecule has 3 nitrogen and oxygen atoms in total. The fourth-order valence-electron chi connectivity index (χ4n) is 2.51. The number of carbonyl (C=O) groups is 1. The predicted octanol–water partition coefficient (Wildman–Crippen LogP) is 3.19. The zero-order valence-corrected chi connectivity index (χ0v) is 13.5. The lowest BCUT2D eigenvalue weighted by Crippen LogP contribution is -2.44. The summed E-state index contributed by atoms with van der Waals surface area (Å²) in [6, 6.07) is 5.69. The summed E-state index contributed by atoms with van der Waals surface area (Å²) in [4.78, 5) is 12.2. The zero-order valence-electron chi connectivity index (χ0n) is 11.9. The van der Waals surface area contributed by atoms with Gasteiger partial charge in [0.25, 0.3) is 5.91 Å². The Bertz CT molecular complexity index is 459. The average molecular weight is 317 g/mol. The monoisotopic (exact) mass is 316 g/mol. The topological polar surface area (TPSA) is 41.1 Å². The lowest BCUT2D eigenvalue weighted by Gasteiger charge is -2.29. The average Bonchev–Trinajstić information content (AvgIpc) is 2.39. The number of aryl methyl sites for hydroxylation is 1. The van der Waals surface area contributed by atoms with Gasteiger partial charge in [0, 0.05) is 6.04 Å². The highest BCUT2D eigenvalue weighted by atomic mass is 35.5. The number of nitrogens with one attached hydrogen (secondary N) is 2. The molecule has 112 valence electrons. The maximum Gasteiger partial charge on any atom is 0.253 e. The number of halogens is 2. The summed E-state index contributed by atoms with van der Waals surface area (Å²) in [5.41, 5.74) is 1.62. The first kappa shape index (κ1) is 17.3. The van der Waals surface area contributed by atoms with Crippen LogP contribution < -0.4 is 10.6 Å². The van der Waals surface area contributed by atoms with Crippen molar-refractivity contribution in [3.05, 3.63) is 34.3 Å². The van der Waals surface area contributed by atoms with Crippen molar-refractivity contribution in [2.45, 2.75) is 32.7 Å². The van der Waals surface area contributed by atoms with Gasteiger partial charge >= 0.3 is 0 Å². The third-order valence-corrected chi connectivity index (χ3v) is 4.08. The van der Waals surface area contributed by atoms with E-state index in [9.17, 15) is 4.79 Å². The molecule has 1 aromatic rings. The van der Waals surface area contributed by atoms with Gasteiger partial charge in [-0.3, -0.25) is 4.79 Å². The van der Waals surface area contributed by atoms with Crippen molar-refractivity contribution in [1.29, 1.82) is 0 Å². The molecule has 0 saturated carbocycles. The van der Waals surface area contributed by atoms with Gasteiger partial charge in [0.1, 0.15) is 0 Å². The van der Waals surface area contributed by atoms with Crippen molar-refractivity contribution in [3.63, 3.8) is 0 Å². The minimum atomic E-state index is -0.0805. The first-order chi connectivity index (χ1) is 9.08. The summed E-state index contributed by atoms with van der Waals surface area (Å²) in [6.45, 7) is 6.09. The summed E-state index contributed by atoms with van der Waals surface area (Å²) < 4.78 is 0. The predicted molar refractivity (Wildman–Crippen MR) is 86.0 cm³/mol. The Labute approximate surface area is 131 Å². The minimum Gasteiger partial charge on any atom is -0.349 e. The van der Waals surface area contributed by atoms with E-state index in [-0.39, 0.29) is 24.4 Å². The maximum atomic E-state index is 12.2. The molecule has 0 aliphatic carbocycles. The van der Waals surface area contributed by atoms with Gasteiger partial charge in [-0.05, 0) is 63.4 Å². The molecule has 2 N–H and O–H groups in total. The second-order valence-corrected chi connectivity index (χ2v) is 5.76. The molecule has 5 heteroatoms. The van der Waals surface area contributed by atoms with Gasteiger partial charge in [-0.2, -0.15) is 0 Å². The molecule has 1 aliphatic heterocycles. The SMILES string of the molecule is Cc1ccc(C(=O)NC(C)C2CCCNC2)c(Cl)c1.Cl. The molecule has 1 heterocycles. The largest absolute Gasteiger partial charge is 0.349 e. The zero-order chi connectivity index (χ0) is 13.8. The van der Waals surface area contributed by atoms with E-state index in [0.29, 0.717) is 16.5 Å². The summed E-state index contributed by atoms with van der Waals surface area (Å²) in [6.07, 6.45) is 2.34. The van der Waals surface area contributed by atoms with Crippen molar-refractivity contribution in [1.82, 2.24) is 10.6 Å². The van der Waals surface area contributed by atoms with Gasteiger partial charge in [-0.1, -0.05) is 17.7 Å². The van der Waals surface area contributed by atoms with Crippen LogP contribution in [-0.4, -0.2) is 25.0 Å². The number of hydrogen-bond acceptors (Lipinski definition) is 2. The standard InChI is InChI=1S/C15H21ClN2O.ClH/c1-10-5-6-13(14(16)8-10)15(19)18-11(2)12-4-3-7-17-9-12;/h5-6,8,11-12,17H,3-4,7,9H2,1-2H3,(H,18,19);1H. The number of rotatable bonds is 3. The Morgan fingerprint density at radius 3 is 2.85 bits per heavy atom. The van der Waals surface area contributed by atoms with Gasteiger partial charge in [0.15, 0.2) is 0 Å². The third-order valence-electron chi connectivity index (χ3n) is 3.77. The first-order valence-corrected chi connectivity index (χ1v) is 7.23. The lowest BCUT2D eigenvalue weighted by atomic mass is 9.92. The van der Waals surface area contributed by atoms with Crippen LogP contribution in [0.2, 0.25) is 5.02 Å². The van der Waals surface area contributed by atoms with E-state index in [1.165, 1.54) is 6.42 Å². The first-order valence-electron chi connectivity index (χ1n) is 6.85. The van der Waals surface area contributed by atoms with Crippen LogP contribution in [0.5, 0.6) is 0 Å². The Morgan fingerprint density at radius 1 is 1.50 bits per heavy atom. The van der Waals surface area contributed by atoms with Gasteiger partial charge < -0.3 is 10.6 Å². The molecular weight excluding hydrogens is 295 g/mol. The van der Waals surface area contributed by atoms with E-state index >= 15 is 0 Å². The van der Waals surface area contributed by atoms with Crippen LogP contribution >= 0.6 is 24.0 Å². The van der Waals surface area contributed by atoms with Crippen LogP contribution in [0, 0.1) is 12.8 Å². The molecule has 0 aromatic heterocycles. The van der Waals surface area contributed by atoms with Gasteiger partial charge in [0.2, 0.25) is 0 Å². The Balaban J connectivity index is 0.00000200. The van der Waals surface area contributed by atoms with E-state index in [2.05, 4.69) is 17.6 Å². The lowest BCUT2D eigenvalue weighted by molar-refractivity contribution is 0.0922. The third kappa shape index (κ3) is 4.37. The van der Waals surface area contributed by atoms with Crippen LogP contribution in [0.3, 0.4) is 0 Å². The van der Waals surface area contributed by atoms with Gasteiger partial charge in [0.05, 0.1) is 10.6 Å². The molecule has 2 rings (SSSR count). The van der Waals surface area contributed by atoms with Crippen molar-refractivity contribution in [2.24, 2.45) is 5.92 Å². The fourth-order valence-corrected chi connectivity index (χ4v) is 2.83. The summed E-state index contributed by atoms with van der Waals surface area (Å²) in [5.74, 6) is 0.421. The molecule has 1 fully saturated rings. The smallest absolute Gasteiger partial charge is 0.253 e. The summed E-state index contributed by atoms with van der Waals surface area (Å²) >= 11 is 6.12. The normalized spacial score (nSPS) is 19.9. The van der Waals surface area contributed by atoms with Crippen molar-refractivity contribution >= 4 is 29.9 Å². The summed E-state index contributed by atoms with van der Waals surface area (Å²) in [5, 5.41) is 6.95. The summed E-state index contributed by atoms with van der Waals surface area (Å²) in [7, 11) is 0. The second kappa shape index (κ2) is 7.87. The molecule has 1 amide bonds. The van der Waals surface area contributed by atoms with Crippen LogP contribution in [0.4, 0.5) is 0 Å². The Morgan fingerprint density at radius 2 is 2.25 bits per heavy atom. The molecule has 1 saturated heterocycles. The van der Waals surface area contributed by atoms with Crippen molar-refractivity contribution in [3.8, 4) is 0 Å². The number of hydrogen-bond donors (Lipinski definition) is 2. The Kier molecular flexibility index (Phi) is 6.80. The van der Waals surface area contributed by atoms with Crippen LogP contribution in [-0.2, 0) is 0 Å². The highest BCUT2D eigenvalue weighted by Crippen LogP contribution is 2.19. The highest BCUT2D eigenvalue weighted by molar-refractivity contribution is 6.33. The second-order valence-electron chi connectivity index (χ2n) is 5.35. The molecule has 2 unspecified atom stereocenters. The molecule has 0 bridgehead atoms. The van der Waals surface area contributed by atoms with E-state index in [0.717, 1.165) is 25.1 Å². The van der Waals surface area contributed by atoms with Crippen LogP contribution in [0.1, 0.15) is 35.7 Å². The molecule has 2 atom stereocenters. The Hall–Kier alpha value is -0.770. The van der Waals surface area contributed by atoms with Crippen molar-refractivity contribution < 1.29 is 4.79 Å². The molecular formula is C15H22Cl2N2O. The molecule has 1 aliphatic rings. The van der Waals surface area contributed by atoms with E-state index in [1.54, 1.807) is 6.07 Å². The van der Waals surface area contributed by atoms with E-state index < -0.39 is 0 Å². The van der Waals surface area contributed by atoms with Crippen molar-refractivity contribution in [2.75, 3.05) is 13.1 Å². The van der Waals surface area contributed by atoms with Crippen LogP contribution in [0.25, 0.3) is 0 Å². The van der Waals surface area contributed by atoms with E-state index in [1.807, 2.05) is 19.1 Å². The molecule has 1 aromatic carbocycles. The maximum absolute atomic E-state index is 12.2. The number of benzene rings is 1. The van der Waals surface area contributed by atoms with Gasteiger partial charge in [-0.15, -0.1) is 12.4 Å². The quantitative estimate of drug-likeness (QED) is 0.899. The number of amides is 1. The molecule has 0 radical (unpaired) electrons. The molecule has 20 heavy (non-hydrogen) atoms. The molecule has 0 spiro atoms. The number of carbonyl (C=O) groups excluding carboxylic acids is 1. The highest BCUT2D eigenvalue weighted by Gasteiger charge is 2.22. The van der Waals surface area contributed by atoms with Gasteiger partial charge in [-0.25, -0.2) is 0 Å². The van der Waals surface area contributed by atoms with Crippen LogP contribution in [0.15, 0.2) is 18.2 Å². The minimum absolute atomic E-state index is 0.